The number of ether oxygens (including phenoxy) is 3. The van der Waals surface area contributed by atoms with Crippen molar-refractivity contribution >= 4 is 29.6 Å². The van der Waals surface area contributed by atoms with Crippen LogP contribution in [0.5, 0.6) is 11.5 Å². The smallest absolute Gasteiger partial charge is 0.331 e. The van der Waals surface area contributed by atoms with E-state index in [1.807, 2.05) is 13.8 Å². The van der Waals surface area contributed by atoms with Gasteiger partial charge in [0, 0.05) is 18.5 Å². The minimum absolute atomic E-state index is 0.0469. The number of carbonyl (C=O) groups is 2. The second-order valence-electron chi connectivity index (χ2n) is 5.70. The maximum atomic E-state index is 11.7. The molecule has 0 saturated carbocycles. The number of hydrogen-bond acceptors (Lipinski definition) is 5. The number of halogens is 1. The molecule has 0 aromatic heterocycles. The lowest BCUT2D eigenvalue weighted by Crippen LogP contribution is -2.35. The summed E-state index contributed by atoms with van der Waals surface area (Å²) in [5, 5.41) is 3.14. The van der Waals surface area contributed by atoms with Crippen LogP contribution in [0.1, 0.15) is 32.3 Å². The molecule has 0 fully saturated rings. The van der Waals surface area contributed by atoms with Gasteiger partial charge in [0.15, 0.2) is 18.1 Å². The first-order chi connectivity index (χ1) is 12.0. The summed E-state index contributed by atoms with van der Waals surface area (Å²) in [6, 6.07) is 3.46. The van der Waals surface area contributed by atoms with Crippen LogP contribution < -0.4 is 14.8 Å². The fourth-order valence-electron chi connectivity index (χ4n) is 2.11. The van der Waals surface area contributed by atoms with Gasteiger partial charge in [-0.15, -0.1) is 0 Å². The van der Waals surface area contributed by atoms with Crippen molar-refractivity contribution in [3.8, 4) is 11.5 Å². The molecule has 136 valence electrons. The first-order valence-electron chi connectivity index (χ1n) is 8.23. The van der Waals surface area contributed by atoms with E-state index in [4.69, 9.17) is 25.8 Å². The number of fused-ring (bicyclic) bond motifs is 1. The maximum absolute atomic E-state index is 11.7. The van der Waals surface area contributed by atoms with Gasteiger partial charge >= 0.3 is 5.97 Å². The predicted molar refractivity (Wildman–Crippen MR) is 94.9 cm³/mol. The van der Waals surface area contributed by atoms with E-state index in [9.17, 15) is 9.59 Å². The zero-order valence-corrected chi connectivity index (χ0v) is 15.1. The van der Waals surface area contributed by atoms with Gasteiger partial charge in [0.25, 0.3) is 5.91 Å². The molecule has 1 N–H and O–H groups in total. The SMILES string of the molecule is CCC(C)NC(=O)COC(=O)/C=C/c1cc(Cl)c2c(c1)OCCCO2. The van der Waals surface area contributed by atoms with Crippen LogP contribution in [0, 0.1) is 0 Å². The van der Waals surface area contributed by atoms with Crippen LogP contribution in [0.3, 0.4) is 0 Å². The molecular formula is C18H22ClNO5. The lowest BCUT2D eigenvalue weighted by atomic mass is 10.2. The first kappa shape index (κ1) is 19.1. The minimum Gasteiger partial charge on any atom is -0.489 e. The molecule has 1 aliphatic rings. The number of carbonyl (C=O) groups excluding carboxylic acids is 2. The second-order valence-corrected chi connectivity index (χ2v) is 6.11. The van der Waals surface area contributed by atoms with Crippen LogP contribution in [0.4, 0.5) is 0 Å². The lowest BCUT2D eigenvalue weighted by molar-refractivity contribution is -0.144. The Hall–Kier alpha value is -2.21. The standard InChI is InChI=1S/C18H22ClNO5/c1-3-12(2)20-16(21)11-25-17(22)6-5-13-9-14(19)18-15(10-13)23-7-4-8-24-18/h5-6,9-10,12H,3-4,7-8,11H2,1-2H3,(H,20,21)/b6-5+. The molecule has 1 aliphatic heterocycles. The minimum atomic E-state index is -0.609. The Morgan fingerprint density at radius 3 is 2.88 bits per heavy atom. The van der Waals surface area contributed by atoms with Crippen LogP contribution in [0.2, 0.25) is 5.02 Å². The van der Waals surface area contributed by atoms with E-state index >= 15 is 0 Å². The van der Waals surface area contributed by atoms with Gasteiger partial charge in [-0.2, -0.15) is 0 Å². The number of nitrogens with one attached hydrogen (secondary N) is 1. The van der Waals surface area contributed by atoms with Crippen molar-refractivity contribution in [1.82, 2.24) is 5.32 Å². The quantitative estimate of drug-likeness (QED) is 0.618. The highest BCUT2D eigenvalue weighted by Crippen LogP contribution is 2.38. The lowest BCUT2D eigenvalue weighted by Gasteiger charge is -2.11. The van der Waals surface area contributed by atoms with Crippen molar-refractivity contribution in [3.63, 3.8) is 0 Å². The number of hydrogen-bond donors (Lipinski definition) is 1. The van der Waals surface area contributed by atoms with Crippen molar-refractivity contribution in [1.29, 1.82) is 0 Å². The molecule has 1 aromatic carbocycles. The molecule has 1 unspecified atom stereocenters. The van der Waals surface area contributed by atoms with E-state index in [0.29, 0.717) is 35.3 Å². The molecule has 0 aliphatic carbocycles. The Bertz CT molecular complexity index is 659. The zero-order chi connectivity index (χ0) is 18.2. The summed E-state index contributed by atoms with van der Waals surface area (Å²) in [4.78, 5) is 23.3. The molecule has 1 amide bonds. The average molecular weight is 368 g/mol. The van der Waals surface area contributed by atoms with E-state index in [0.717, 1.165) is 12.8 Å². The molecule has 25 heavy (non-hydrogen) atoms. The highest BCUT2D eigenvalue weighted by atomic mass is 35.5. The van der Waals surface area contributed by atoms with Crippen molar-refractivity contribution in [2.24, 2.45) is 0 Å². The third kappa shape index (κ3) is 5.98. The monoisotopic (exact) mass is 367 g/mol. The van der Waals surface area contributed by atoms with Gasteiger partial charge in [-0.3, -0.25) is 4.79 Å². The molecule has 1 aromatic rings. The molecular weight excluding hydrogens is 346 g/mol. The average Bonchev–Trinajstić information content (AvgIpc) is 2.83. The molecule has 1 atom stereocenters. The zero-order valence-electron chi connectivity index (χ0n) is 14.3. The molecule has 0 saturated heterocycles. The third-order valence-corrected chi connectivity index (χ3v) is 3.88. The summed E-state index contributed by atoms with van der Waals surface area (Å²) in [7, 11) is 0. The normalized spacial score (nSPS) is 14.7. The molecule has 0 bridgehead atoms. The Balaban J connectivity index is 1.92. The Morgan fingerprint density at radius 2 is 2.12 bits per heavy atom. The molecule has 7 heteroatoms. The molecule has 2 rings (SSSR count). The Labute approximate surface area is 152 Å². The number of rotatable bonds is 6. The van der Waals surface area contributed by atoms with Crippen molar-refractivity contribution in [3.05, 3.63) is 28.8 Å². The van der Waals surface area contributed by atoms with E-state index in [1.165, 1.54) is 6.08 Å². The van der Waals surface area contributed by atoms with Crippen LogP contribution >= 0.6 is 11.6 Å². The summed E-state index contributed by atoms with van der Waals surface area (Å²) in [5.74, 6) is 0.129. The van der Waals surface area contributed by atoms with Gasteiger partial charge in [0.05, 0.1) is 18.2 Å². The van der Waals surface area contributed by atoms with E-state index in [-0.39, 0.29) is 18.6 Å². The van der Waals surface area contributed by atoms with Gasteiger partial charge in [-0.1, -0.05) is 18.5 Å². The van der Waals surface area contributed by atoms with Crippen LogP contribution in [-0.4, -0.2) is 37.7 Å². The summed E-state index contributed by atoms with van der Waals surface area (Å²) < 4.78 is 16.0. The summed E-state index contributed by atoms with van der Waals surface area (Å²) in [6.07, 6.45) is 4.38. The molecule has 1 heterocycles. The fraction of sp³-hybridized carbons (Fsp3) is 0.444. The van der Waals surface area contributed by atoms with Crippen molar-refractivity contribution < 1.29 is 23.8 Å². The van der Waals surface area contributed by atoms with Crippen LogP contribution in [0.25, 0.3) is 6.08 Å². The molecule has 6 nitrogen and oxygen atoms in total. The molecule has 0 spiro atoms. The first-order valence-corrected chi connectivity index (χ1v) is 8.60. The van der Waals surface area contributed by atoms with E-state index in [2.05, 4.69) is 5.32 Å². The largest absolute Gasteiger partial charge is 0.489 e. The Kier molecular flexibility index (Phi) is 7.13. The second kappa shape index (κ2) is 9.32. The van der Waals surface area contributed by atoms with Crippen LogP contribution in [-0.2, 0) is 14.3 Å². The number of esters is 1. The van der Waals surface area contributed by atoms with Gasteiger partial charge in [0.1, 0.15) is 0 Å². The topological polar surface area (TPSA) is 73.9 Å². The highest BCUT2D eigenvalue weighted by molar-refractivity contribution is 6.32. The predicted octanol–water partition coefficient (Wildman–Crippen LogP) is 2.97. The van der Waals surface area contributed by atoms with Gasteiger partial charge in [-0.05, 0) is 37.1 Å². The highest BCUT2D eigenvalue weighted by Gasteiger charge is 2.15. The fourth-order valence-corrected chi connectivity index (χ4v) is 2.39. The van der Waals surface area contributed by atoms with Crippen molar-refractivity contribution in [2.45, 2.75) is 32.7 Å². The third-order valence-electron chi connectivity index (χ3n) is 3.60. The Morgan fingerprint density at radius 1 is 1.36 bits per heavy atom. The van der Waals surface area contributed by atoms with Gasteiger partial charge in [-0.25, -0.2) is 4.79 Å². The summed E-state index contributed by atoms with van der Waals surface area (Å²) in [6.45, 7) is 4.62. The molecule has 0 radical (unpaired) electrons. The summed E-state index contributed by atoms with van der Waals surface area (Å²) in [5.41, 5.74) is 0.676. The van der Waals surface area contributed by atoms with Crippen LogP contribution in [0.15, 0.2) is 18.2 Å². The number of amides is 1. The van der Waals surface area contributed by atoms with E-state index < -0.39 is 5.97 Å². The number of benzene rings is 1. The van der Waals surface area contributed by atoms with Gasteiger partial charge < -0.3 is 19.5 Å². The van der Waals surface area contributed by atoms with Gasteiger partial charge in [0.2, 0.25) is 0 Å². The van der Waals surface area contributed by atoms with E-state index in [1.54, 1.807) is 18.2 Å². The maximum Gasteiger partial charge on any atom is 0.331 e. The van der Waals surface area contributed by atoms with Crippen molar-refractivity contribution in [2.75, 3.05) is 19.8 Å². The summed E-state index contributed by atoms with van der Waals surface area (Å²) >= 11 is 6.19.